The molecule has 0 radical (unpaired) electrons. The summed E-state index contributed by atoms with van der Waals surface area (Å²) < 4.78 is 51.9. The number of hydrogen-bond donors (Lipinski definition) is 1. The molecule has 2 aliphatic heterocycles. The number of nitrogens with zero attached hydrogens (tertiary/aromatic N) is 2. The van der Waals surface area contributed by atoms with Crippen LogP contribution < -0.4 is 5.32 Å². The normalized spacial score (nSPS) is 19.8. The Morgan fingerprint density at radius 1 is 1.19 bits per heavy atom. The second-order valence-corrected chi connectivity index (χ2v) is 7.87. The zero-order chi connectivity index (χ0) is 22.6. The Bertz CT molecular complexity index is 895. The van der Waals surface area contributed by atoms with Gasteiger partial charge in [0.05, 0.1) is 12.1 Å². The minimum atomic E-state index is -4.74. The Hall–Kier alpha value is -2.68. The summed E-state index contributed by atoms with van der Waals surface area (Å²) in [6.07, 6.45) is 3.70. The van der Waals surface area contributed by atoms with Gasteiger partial charge >= 0.3 is 6.18 Å². The standard InChI is InChI=1S/C22H25F4N3O2/c1-15-4-2-3-7-29(15)14-20(30)28-8-5-16(6-9-28)13-27-21(31)17-10-18(22(24,25)26)12-19(23)11-17/h5-6,8,10-12,15H,2-4,7,9,13-14H2,1H3,(H,27,31)/t15-/m1/s1. The Morgan fingerprint density at radius 3 is 2.61 bits per heavy atom. The van der Waals surface area contributed by atoms with Gasteiger partial charge in [0.25, 0.3) is 5.91 Å². The minimum Gasteiger partial charge on any atom is -0.348 e. The second-order valence-electron chi connectivity index (χ2n) is 7.87. The molecule has 1 N–H and O–H groups in total. The first-order valence-electron chi connectivity index (χ1n) is 10.2. The van der Waals surface area contributed by atoms with E-state index in [2.05, 4.69) is 17.1 Å². The molecule has 3 rings (SSSR count). The van der Waals surface area contributed by atoms with Crippen LogP contribution in [0.4, 0.5) is 17.6 Å². The van der Waals surface area contributed by atoms with Crippen LogP contribution in [0.1, 0.15) is 42.1 Å². The van der Waals surface area contributed by atoms with E-state index >= 15 is 0 Å². The SMILES string of the molecule is C[C@@H]1CCCCN1CC(=O)N1C=CC(CNC(=O)c2cc(F)cc(C(F)(F)F)c2)=CC1. The number of amides is 2. The molecule has 0 saturated carbocycles. The number of piperidine rings is 1. The molecule has 168 valence electrons. The zero-order valence-electron chi connectivity index (χ0n) is 17.2. The van der Waals surface area contributed by atoms with E-state index in [0.29, 0.717) is 36.8 Å². The Kier molecular flexibility index (Phi) is 7.15. The number of carbonyl (C=O) groups is 2. The zero-order valence-corrected chi connectivity index (χ0v) is 17.2. The molecule has 1 aromatic carbocycles. The summed E-state index contributed by atoms with van der Waals surface area (Å²) in [6, 6.07) is 2.11. The van der Waals surface area contributed by atoms with E-state index < -0.39 is 29.0 Å². The van der Waals surface area contributed by atoms with Gasteiger partial charge in [-0.05, 0) is 56.2 Å². The summed E-state index contributed by atoms with van der Waals surface area (Å²) in [5.74, 6) is -1.95. The summed E-state index contributed by atoms with van der Waals surface area (Å²) in [5.41, 5.74) is -0.914. The average Bonchev–Trinajstić information content (AvgIpc) is 2.73. The summed E-state index contributed by atoms with van der Waals surface area (Å²) in [4.78, 5) is 28.5. The molecule has 0 spiro atoms. The van der Waals surface area contributed by atoms with Crippen LogP contribution in [0.3, 0.4) is 0 Å². The highest BCUT2D eigenvalue weighted by molar-refractivity contribution is 5.94. The molecule has 1 fully saturated rings. The highest BCUT2D eigenvalue weighted by Crippen LogP contribution is 2.30. The maximum atomic E-state index is 13.5. The number of benzene rings is 1. The van der Waals surface area contributed by atoms with Gasteiger partial charge in [-0.1, -0.05) is 12.5 Å². The molecule has 31 heavy (non-hydrogen) atoms. The van der Waals surface area contributed by atoms with Crippen molar-refractivity contribution in [2.75, 3.05) is 26.2 Å². The lowest BCUT2D eigenvalue weighted by Crippen LogP contribution is -2.44. The lowest BCUT2D eigenvalue weighted by atomic mass is 10.0. The number of nitrogens with one attached hydrogen (secondary N) is 1. The lowest BCUT2D eigenvalue weighted by molar-refractivity contribution is -0.137. The summed E-state index contributed by atoms with van der Waals surface area (Å²) >= 11 is 0. The van der Waals surface area contributed by atoms with Crippen molar-refractivity contribution in [3.05, 3.63) is 59.1 Å². The van der Waals surface area contributed by atoms with Crippen molar-refractivity contribution >= 4 is 11.8 Å². The van der Waals surface area contributed by atoms with Crippen LogP contribution in [0, 0.1) is 5.82 Å². The van der Waals surface area contributed by atoms with Gasteiger partial charge < -0.3 is 10.2 Å². The quantitative estimate of drug-likeness (QED) is 0.712. The summed E-state index contributed by atoms with van der Waals surface area (Å²) in [6.45, 7) is 3.79. The van der Waals surface area contributed by atoms with Gasteiger partial charge in [0, 0.05) is 30.9 Å². The van der Waals surface area contributed by atoms with E-state index in [1.165, 1.54) is 6.42 Å². The van der Waals surface area contributed by atoms with Crippen molar-refractivity contribution in [1.29, 1.82) is 0 Å². The second kappa shape index (κ2) is 9.64. The molecule has 1 saturated heterocycles. The number of likely N-dealkylation sites (tertiary alicyclic amines) is 1. The predicted molar refractivity (Wildman–Crippen MR) is 108 cm³/mol. The van der Waals surface area contributed by atoms with Gasteiger partial charge in [-0.15, -0.1) is 0 Å². The van der Waals surface area contributed by atoms with Crippen molar-refractivity contribution in [3.63, 3.8) is 0 Å². The molecule has 2 aliphatic rings. The van der Waals surface area contributed by atoms with Gasteiger partial charge in [0.2, 0.25) is 5.91 Å². The van der Waals surface area contributed by atoms with Crippen molar-refractivity contribution in [2.24, 2.45) is 0 Å². The van der Waals surface area contributed by atoms with Crippen LogP contribution in [0.5, 0.6) is 0 Å². The molecule has 9 heteroatoms. The molecule has 0 aliphatic carbocycles. The van der Waals surface area contributed by atoms with E-state index in [9.17, 15) is 27.2 Å². The topological polar surface area (TPSA) is 52.7 Å². The van der Waals surface area contributed by atoms with E-state index in [4.69, 9.17) is 0 Å². The highest BCUT2D eigenvalue weighted by atomic mass is 19.4. The van der Waals surface area contributed by atoms with E-state index in [-0.39, 0.29) is 12.5 Å². The molecule has 1 aromatic rings. The maximum Gasteiger partial charge on any atom is 0.416 e. The molecule has 0 unspecified atom stereocenters. The van der Waals surface area contributed by atoms with Gasteiger partial charge in [-0.3, -0.25) is 14.5 Å². The number of carbonyl (C=O) groups excluding carboxylic acids is 2. The van der Waals surface area contributed by atoms with E-state index in [1.54, 1.807) is 23.3 Å². The summed E-state index contributed by atoms with van der Waals surface area (Å²) in [7, 11) is 0. The van der Waals surface area contributed by atoms with Crippen molar-refractivity contribution in [2.45, 2.75) is 38.4 Å². The van der Waals surface area contributed by atoms with Crippen LogP contribution >= 0.6 is 0 Å². The van der Waals surface area contributed by atoms with Crippen LogP contribution in [0.15, 0.2) is 42.1 Å². The van der Waals surface area contributed by atoms with Crippen molar-refractivity contribution in [3.8, 4) is 0 Å². The van der Waals surface area contributed by atoms with Crippen LogP contribution in [-0.2, 0) is 11.0 Å². The molecule has 0 aromatic heterocycles. The largest absolute Gasteiger partial charge is 0.416 e. The first-order chi connectivity index (χ1) is 14.6. The fourth-order valence-corrected chi connectivity index (χ4v) is 3.67. The van der Waals surface area contributed by atoms with Gasteiger partial charge in [-0.25, -0.2) is 4.39 Å². The molecule has 2 heterocycles. The fourth-order valence-electron chi connectivity index (χ4n) is 3.67. The Balaban J connectivity index is 1.52. The molecular formula is C22H25F4N3O2. The average molecular weight is 439 g/mol. The van der Waals surface area contributed by atoms with E-state index in [1.807, 2.05) is 0 Å². The monoisotopic (exact) mass is 439 g/mol. The molecule has 0 bridgehead atoms. The highest BCUT2D eigenvalue weighted by Gasteiger charge is 2.32. The Labute approximate surface area is 178 Å². The molecule has 1 atom stereocenters. The van der Waals surface area contributed by atoms with Crippen LogP contribution in [0.25, 0.3) is 0 Å². The van der Waals surface area contributed by atoms with Crippen LogP contribution in [-0.4, -0.2) is 53.8 Å². The van der Waals surface area contributed by atoms with Gasteiger partial charge in [0.1, 0.15) is 5.82 Å². The number of alkyl halides is 3. The number of halogens is 4. The third-order valence-electron chi connectivity index (χ3n) is 5.56. The van der Waals surface area contributed by atoms with Crippen molar-refractivity contribution in [1.82, 2.24) is 15.1 Å². The first kappa shape index (κ1) is 23.0. The third kappa shape index (κ3) is 6.16. The number of hydrogen-bond acceptors (Lipinski definition) is 3. The van der Waals surface area contributed by atoms with Crippen LogP contribution in [0.2, 0.25) is 0 Å². The Morgan fingerprint density at radius 2 is 1.97 bits per heavy atom. The molecule has 2 amide bonds. The molecule has 5 nitrogen and oxygen atoms in total. The minimum absolute atomic E-state index is 0.0104. The first-order valence-corrected chi connectivity index (χ1v) is 10.2. The van der Waals surface area contributed by atoms with Gasteiger partial charge in [0.15, 0.2) is 0 Å². The maximum absolute atomic E-state index is 13.5. The fraction of sp³-hybridized carbons (Fsp3) is 0.455. The van der Waals surface area contributed by atoms with E-state index in [0.717, 1.165) is 25.5 Å². The smallest absolute Gasteiger partial charge is 0.348 e. The van der Waals surface area contributed by atoms with Crippen molar-refractivity contribution < 1.29 is 27.2 Å². The van der Waals surface area contributed by atoms with Gasteiger partial charge in [-0.2, -0.15) is 13.2 Å². The third-order valence-corrected chi connectivity index (χ3v) is 5.56. The predicted octanol–water partition coefficient (Wildman–Crippen LogP) is 3.73. The lowest BCUT2D eigenvalue weighted by Gasteiger charge is -2.34. The molecular weight excluding hydrogens is 414 g/mol. The number of rotatable bonds is 5. The summed E-state index contributed by atoms with van der Waals surface area (Å²) in [5, 5.41) is 2.49.